The standard InChI is InChI=1S/C22H39N2O3P/c1-2-3-4-5-6-7-8-9-10-11-12-13-14-15-16-17-21(25)24-19-18-20(28-27)22(23)26/h3-4,6-7,9-10,20,27-28H,2,5,8,11-19H2,1H3,(H2,23,26)(H,24,25). The van der Waals surface area contributed by atoms with E-state index in [2.05, 4.69) is 48.7 Å². The minimum Gasteiger partial charge on any atom is -0.376 e. The lowest BCUT2D eigenvalue weighted by atomic mass is 10.1. The number of nitrogens with two attached hydrogens (primary N) is 1. The predicted octanol–water partition coefficient (Wildman–Crippen LogP) is 4.52. The third-order valence-electron chi connectivity index (χ3n) is 4.31. The molecule has 0 saturated carbocycles. The normalized spacial score (nSPS) is 13.4. The van der Waals surface area contributed by atoms with Crippen molar-refractivity contribution in [1.29, 1.82) is 0 Å². The number of rotatable bonds is 18. The first kappa shape index (κ1) is 26.6. The lowest BCUT2D eigenvalue weighted by Crippen LogP contribution is -2.31. The topological polar surface area (TPSA) is 92.4 Å². The molecule has 5 nitrogen and oxygen atoms in total. The first-order valence-corrected chi connectivity index (χ1v) is 11.5. The number of carbonyl (C=O) groups excluding carboxylic acids is 2. The molecule has 2 atom stereocenters. The molecule has 2 amide bonds. The van der Waals surface area contributed by atoms with Gasteiger partial charge in [-0.2, -0.15) is 0 Å². The van der Waals surface area contributed by atoms with Crippen LogP contribution in [0.15, 0.2) is 36.5 Å². The third kappa shape index (κ3) is 17.9. The highest BCUT2D eigenvalue weighted by atomic mass is 31.1. The van der Waals surface area contributed by atoms with Crippen LogP contribution in [0.1, 0.15) is 77.6 Å². The summed E-state index contributed by atoms with van der Waals surface area (Å²) in [4.78, 5) is 31.7. The van der Waals surface area contributed by atoms with Gasteiger partial charge in [0.2, 0.25) is 11.8 Å². The molecule has 0 radical (unpaired) electrons. The number of nitrogens with one attached hydrogen (secondary N) is 1. The minimum atomic E-state index is -0.548. The fraction of sp³-hybridized carbons (Fsp3) is 0.636. The molecule has 0 aromatic rings. The summed E-state index contributed by atoms with van der Waals surface area (Å²) in [7, 11) is -0.504. The summed E-state index contributed by atoms with van der Waals surface area (Å²) in [5, 5.41) is 2.78. The van der Waals surface area contributed by atoms with Crippen molar-refractivity contribution in [2.24, 2.45) is 5.73 Å². The Bertz CT molecular complexity index is 490. The van der Waals surface area contributed by atoms with E-state index >= 15 is 0 Å². The Morgan fingerprint density at radius 1 is 0.964 bits per heavy atom. The molecule has 0 aliphatic carbocycles. The van der Waals surface area contributed by atoms with E-state index in [0.717, 1.165) is 44.9 Å². The maximum absolute atomic E-state index is 11.7. The number of primary amides is 1. The Morgan fingerprint density at radius 3 is 2.21 bits per heavy atom. The van der Waals surface area contributed by atoms with Crippen molar-refractivity contribution >= 4 is 20.6 Å². The minimum absolute atomic E-state index is 0.00525. The number of unbranched alkanes of at least 4 members (excludes halogenated alkanes) is 5. The Hall–Kier alpha value is -1.45. The van der Waals surface area contributed by atoms with Crippen LogP contribution in [0.3, 0.4) is 0 Å². The zero-order valence-electron chi connectivity index (χ0n) is 17.4. The Balaban J connectivity index is 3.44. The molecule has 4 N–H and O–H groups in total. The van der Waals surface area contributed by atoms with Crippen LogP contribution < -0.4 is 11.1 Å². The molecule has 0 aliphatic heterocycles. The van der Waals surface area contributed by atoms with Crippen molar-refractivity contribution in [2.45, 2.75) is 83.2 Å². The van der Waals surface area contributed by atoms with Crippen LogP contribution in [-0.2, 0) is 9.59 Å². The van der Waals surface area contributed by atoms with E-state index in [9.17, 15) is 9.59 Å². The SMILES string of the molecule is CCC=CCC=CCC=CCCCCCCCC(=O)NCCC(PO)C(N)=O. The van der Waals surface area contributed by atoms with Crippen LogP contribution in [-0.4, -0.2) is 28.9 Å². The van der Waals surface area contributed by atoms with Gasteiger partial charge in [0.1, 0.15) is 0 Å². The van der Waals surface area contributed by atoms with Crippen LogP contribution in [0.5, 0.6) is 0 Å². The Labute approximate surface area is 172 Å². The summed E-state index contributed by atoms with van der Waals surface area (Å²) in [6.45, 7) is 2.53. The number of hydrogen-bond acceptors (Lipinski definition) is 3. The second kappa shape index (κ2) is 20.3. The van der Waals surface area contributed by atoms with Gasteiger partial charge in [0.15, 0.2) is 0 Å². The highest BCUT2D eigenvalue weighted by Crippen LogP contribution is 2.15. The number of allylic oxidation sites excluding steroid dienone is 6. The smallest absolute Gasteiger partial charge is 0.226 e. The third-order valence-corrected chi connectivity index (χ3v) is 5.19. The van der Waals surface area contributed by atoms with Crippen molar-refractivity contribution in [3.05, 3.63) is 36.5 Å². The van der Waals surface area contributed by atoms with Crippen molar-refractivity contribution in [2.75, 3.05) is 6.54 Å². The molecule has 0 spiro atoms. The number of amides is 2. The first-order chi connectivity index (χ1) is 13.6. The lowest BCUT2D eigenvalue weighted by Gasteiger charge is -2.10. The van der Waals surface area contributed by atoms with E-state index in [1.54, 1.807) is 0 Å². The number of carbonyl (C=O) groups is 2. The van der Waals surface area contributed by atoms with Gasteiger partial charge in [-0.1, -0.05) is 62.6 Å². The molecule has 28 heavy (non-hydrogen) atoms. The van der Waals surface area contributed by atoms with Gasteiger partial charge >= 0.3 is 0 Å². The second-order valence-electron chi connectivity index (χ2n) is 6.82. The molecule has 160 valence electrons. The van der Waals surface area contributed by atoms with Crippen molar-refractivity contribution in [3.63, 3.8) is 0 Å². The van der Waals surface area contributed by atoms with E-state index < -0.39 is 20.4 Å². The highest BCUT2D eigenvalue weighted by Gasteiger charge is 2.14. The molecule has 0 aromatic heterocycles. The summed E-state index contributed by atoms with van der Waals surface area (Å²) in [6, 6.07) is 0. The molecule has 0 fully saturated rings. The summed E-state index contributed by atoms with van der Waals surface area (Å²) in [5.74, 6) is -0.508. The zero-order valence-corrected chi connectivity index (χ0v) is 18.4. The van der Waals surface area contributed by atoms with Gasteiger partial charge in [-0.05, 0) is 44.9 Å². The quantitative estimate of drug-likeness (QED) is 0.176. The van der Waals surface area contributed by atoms with E-state index in [4.69, 9.17) is 10.6 Å². The molecule has 0 rings (SSSR count). The maximum atomic E-state index is 11.7. The Kier molecular flexibility index (Phi) is 19.2. The molecular formula is C22H39N2O3P. The van der Waals surface area contributed by atoms with Gasteiger partial charge in [-0.25, -0.2) is 0 Å². The zero-order chi connectivity index (χ0) is 20.9. The second-order valence-corrected chi connectivity index (χ2v) is 7.78. The van der Waals surface area contributed by atoms with Crippen LogP contribution in [0.4, 0.5) is 0 Å². The maximum Gasteiger partial charge on any atom is 0.226 e. The molecule has 0 aliphatic rings. The van der Waals surface area contributed by atoms with Crippen LogP contribution in [0.2, 0.25) is 0 Å². The molecule has 6 heteroatoms. The van der Waals surface area contributed by atoms with Crippen LogP contribution in [0, 0.1) is 0 Å². The van der Waals surface area contributed by atoms with Crippen LogP contribution >= 0.6 is 8.81 Å². The van der Waals surface area contributed by atoms with Gasteiger partial charge in [0, 0.05) is 21.8 Å². The van der Waals surface area contributed by atoms with E-state index in [0.29, 0.717) is 19.4 Å². The largest absolute Gasteiger partial charge is 0.376 e. The fourth-order valence-electron chi connectivity index (χ4n) is 2.62. The summed E-state index contributed by atoms with van der Waals surface area (Å²) >= 11 is 0. The van der Waals surface area contributed by atoms with E-state index in [1.807, 2.05) is 0 Å². The summed E-state index contributed by atoms with van der Waals surface area (Å²) in [6.07, 6.45) is 23.9. The molecule has 0 aromatic carbocycles. The molecule has 0 saturated heterocycles. The van der Waals surface area contributed by atoms with E-state index in [1.165, 1.54) is 12.8 Å². The number of hydrogen-bond donors (Lipinski definition) is 3. The van der Waals surface area contributed by atoms with Gasteiger partial charge in [0.05, 0.1) is 5.66 Å². The van der Waals surface area contributed by atoms with Crippen molar-refractivity contribution in [3.8, 4) is 0 Å². The summed E-state index contributed by atoms with van der Waals surface area (Å²) in [5.41, 5.74) is 4.60. The Morgan fingerprint density at radius 2 is 1.57 bits per heavy atom. The van der Waals surface area contributed by atoms with Crippen molar-refractivity contribution < 1.29 is 14.5 Å². The summed E-state index contributed by atoms with van der Waals surface area (Å²) < 4.78 is 0. The first-order valence-electron chi connectivity index (χ1n) is 10.5. The average Bonchev–Trinajstić information content (AvgIpc) is 2.68. The van der Waals surface area contributed by atoms with Crippen LogP contribution in [0.25, 0.3) is 0 Å². The molecular weight excluding hydrogens is 371 g/mol. The van der Waals surface area contributed by atoms with Gasteiger partial charge in [-0.3, -0.25) is 9.59 Å². The van der Waals surface area contributed by atoms with Gasteiger partial charge in [-0.15, -0.1) is 0 Å². The average molecular weight is 411 g/mol. The van der Waals surface area contributed by atoms with E-state index in [-0.39, 0.29) is 5.91 Å². The monoisotopic (exact) mass is 410 g/mol. The van der Waals surface area contributed by atoms with Crippen molar-refractivity contribution in [1.82, 2.24) is 5.32 Å². The van der Waals surface area contributed by atoms with Gasteiger partial charge in [0.25, 0.3) is 0 Å². The fourth-order valence-corrected chi connectivity index (χ4v) is 3.02. The van der Waals surface area contributed by atoms with Gasteiger partial charge < -0.3 is 15.9 Å². The molecule has 2 unspecified atom stereocenters. The highest BCUT2D eigenvalue weighted by molar-refractivity contribution is 7.33. The molecule has 0 bridgehead atoms. The lowest BCUT2D eigenvalue weighted by molar-refractivity contribution is -0.122. The molecule has 0 heterocycles. The predicted molar refractivity (Wildman–Crippen MR) is 120 cm³/mol.